The Morgan fingerprint density at radius 2 is 1.78 bits per heavy atom. The van der Waals surface area contributed by atoms with Gasteiger partial charge in [0.25, 0.3) is 5.91 Å². The van der Waals surface area contributed by atoms with Crippen LogP contribution in [0, 0.1) is 17.5 Å². The molecule has 1 aliphatic carbocycles. The number of sulfone groups is 1. The minimum Gasteiger partial charge on any atom is -0.484 e. The van der Waals surface area contributed by atoms with E-state index in [2.05, 4.69) is 22.1 Å². The molecule has 2 aliphatic heterocycles. The van der Waals surface area contributed by atoms with Gasteiger partial charge in [0, 0.05) is 42.6 Å². The second-order valence-corrected chi connectivity index (χ2v) is 16.4. The van der Waals surface area contributed by atoms with Crippen LogP contribution < -0.4 is 25.2 Å². The number of fused-ring (bicyclic) bond motifs is 3. The van der Waals surface area contributed by atoms with Crippen LogP contribution in [0.1, 0.15) is 55.8 Å². The van der Waals surface area contributed by atoms with Gasteiger partial charge < -0.3 is 25.2 Å². The molecule has 1 fully saturated rings. The smallest absolute Gasteiger partial charge is 0.315 e. The van der Waals surface area contributed by atoms with Crippen molar-refractivity contribution >= 4 is 33.2 Å². The third-order valence-electron chi connectivity index (χ3n) is 9.85. The zero-order valence-electron chi connectivity index (χ0n) is 28.3. The van der Waals surface area contributed by atoms with Gasteiger partial charge in [-0.1, -0.05) is 18.7 Å². The van der Waals surface area contributed by atoms with Gasteiger partial charge >= 0.3 is 6.03 Å². The molecule has 0 radical (unpaired) electrons. The van der Waals surface area contributed by atoms with Gasteiger partial charge in [-0.3, -0.25) is 4.79 Å². The number of piperidine rings is 1. The highest BCUT2D eigenvalue weighted by molar-refractivity contribution is 7.90. The van der Waals surface area contributed by atoms with Crippen molar-refractivity contribution in [1.82, 2.24) is 10.6 Å². The van der Waals surface area contributed by atoms with E-state index in [1.165, 1.54) is 18.2 Å². The number of hydrogen-bond acceptors (Lipinski definition) is 6. The molecule has 50 heavy (non-hydrogen) atoms. The highest BCUT2D eigenvalue weighted by Gasteiger charge is 2.46. The fourth-order valence-corrected chi connectivity index (χ4v) is 8.59. The summed E-state index contributed by atoms with van der Waals surface area (Å²) in [6.45, 7) is 9.19. The Bertz CT molecular complexity index is 1940. The molecule has 6 rings (SSSR count). The van der Waals surface area contributed by atoms with Gasteiger partial charge in [-0.05, 0) is 98.7 Å². The minimum absolute atomic E-state index is 0.0300. The van der Waals surface area contributed by atoms with Gasteiger partial charge in [-0.2, -0.15) is 0 Å². The summed E-state index contributed by atoms with van der Waals surface area (Å²) in [4.78, 5) is 29.9. The monoisotopic (exact) mass is 710 g/mol. The quantitative estimate of drug-likeness (QED) is 0.289. The molecule has 3 aliphatic rings. The molecule has 1 saturated heterocycles. The van der Waals surface area contributed by atoms with E-state index in [1.807, 2.05) is 32.0 Å². The van der Waals surface area contributed by atoms with Crippen LogP contribution in [0.4, 0.5) is 29.3 Å². The van der Waals surface area contributed by atoms with E-state index in [-0.39, 0.29) is 18.1 Å². The number of urea groups is 1. The lowest BCUT2D eigenvalue weighted by molar-refractivity contribution is -0.115. The van der Waals surface area contributed by atoms with Crippen LogP contribution in [0.2, 0.25) is 0 Å². The van der Waals surface area contributed by atoms with E-state index in [1.54, 1.807) is 17.0 Å². The number of anilines is 2. The first-order valence-electron chi connectivity index (χ1n) is 16.6. The molecular formula is C37H41F3N4O5S. The summed E-state index contributed by atoms with van der Waals surface area (Å²) in [5.41, 5.74) is 2.59. The lowest BCUT2D eigenvalue weighted by Gasteiger charge is -2.43. The molecule has 1 spiro atoms. The summed E-state index contributed by atoms with van der Waals surface area (Å²) in [5.74, 6) is -2.45. The number of rotatable bonds is 8. The lowest BCUT2D eigenvalue weighted by atomic mass is 9.73. The molecule has 3 aromatic carbocycles. The van der Waals surface area contributed by atoms with Gasteiger partial charge in [0.15, 0.2) is 11.6 Å². The van der Waals surface area contributed by atoms with Crippen molar-refractivity contribution in [2.75, 3.05) is 41.4 Å². The van der Waals surface area contributed by atoms with Gasteiger partial charge in [0.2, 0.25) is 0 Å². The second kappa shape index (κ2) is 13.3. The number of nitrogens with zero attached hydrogens (tertiary/aromatic N) is 2. The first-order chi connectivity index (χ1) is 23.5. The summed E-state index contributed by atoms with van der Waals surface area (Å²) < 4.78 is 72.7. The van der Waals surface area contributed by atoms with E-state index in [0.29, 0.717) is 55.9 Å². The predicted molar refractivity (Wildman–Crippen MR) is 186 cm³/mol. The van der Waals surface area contributed by atoms with Crippen LogP contribution in [0.25, 0.3) is 0 Å². The standard InChI is InChI=1S/C37H41F3N4O5S/c1-5-34(45)44-22-36(2,3)49-33-19-26(8-11-32(33)44)43-14-12-37(13-15-43)20-31(27-9-7-24(38)18-28(27)37)42-35(46)41-25(21-50(4,47)48)16-23-6-10-29(39)30(40)17-23/h5-11,17-19,25,31H,1,12-16,20-22H2,2-4H3,(H2,41,42,46)/t25-,31+/m1/s1. The molecule has 0 saturated carbocycles. The van der Waals surface area contributed by atoms with Crippen LogP contribution in [0.5, 0.6) is 5.75 Å². The van der Waals surface area contributed by atoms with Crippen molar-refractivity contribution in [3.8, 4) is 5.75 Å². The van der Waals surface area contributed by atoms with Crippen molar-refractivity contribution in [3.63, 3.8) is 0 Å². The molecule has 3 amide bonds. The SMILES string of the molecule is C=CC(=O)N1CC(C)(C)Oc2cc(N3CCC4(CC3)C[C@H](NC(=O)N[C@H](Cc3ccc(F)c(F)c3)CS(C)(=O)=O)c3ccc(F)cc34)ccc21. The van der Waals surface area contributed by atoms with E-state index in [9.17, 15) is 31.2 Å². The average molecular weight is 711 g/mol. The van der Waals surface area contributed by atoms with Crippen molar-refractivity contribution in [2.45, 2.75) is 62.6 Å². The summed E-state index contributed by atoms with van der Waals surface area (Å²) in [6, 6.07) is 11.7. The third kappa shape index (κ3) is 7.47. The topological polar surface area (TPSA) is 108 Å². The Morgan fingerprint density at radius 3 is 2.46 bits per heavy atom. The third-order valence-corrected chi connectivity index (χ3v) is 10.9. The van der Waals surface area contributed by atoms with Gasteiger partial charge in [0.1, 0.15) is 27.0 Å². The highest BCUT2D eigenvalue weighted by atomic mass is 32.2. The molecule has 0 aromatic heterocycles. The number of carbonyl (C=O) groups excluding carboxylic acids is 2. The number of halogens is 3. The molecule has 2 heterocycles. The Hall–Kier alpha value is -4.52. The fraction of sp³-hybridized carbons (Fsp3) is 0.405. The molecule has 13 heteroatoms. The molecule has 0 unspecified atom stereocenters. The second-order valence-electron chi connectivity index (χ2n) is 14.3. The molecule has 2 N–H and O–H groups in total. The van der Waals surface area contributed by atoms with Gasteiger partial charge in [-0.15, -0.1) is 0 Å². The van der Waals surface area contributed by atoms with Crippen LogP contribution in [0.15, 0.2) is 67.3 Å². The van der Waals surface area contributed by atoms with Crippen molar-refractivity contribution in [2.24, 2.45) is 0 Å². The summed E-state index contributed by atoms with van der Waals surface area (Å²) >= 11 is 0. The van der Waals surface area contributed by atoms with Crippen LogP contribution >= 0.6 is 0 Å². The maximum Gasteiger partial charge on any atom is 0.315 e. The zero-order chi connectivity index (χ0) is 36.0. The Labute approximate surface area is 290 Å². The normalized spacial score (nSPS) is 19.6. The summed E-state index contributed by atoms with van der Waals surface area (Å²) in [7, 11) is -3.54. The van der Waals surface area contributed by atoms with Gasteiger partial charge in [0.05, 0.1) is 24.0 Å². The van der Waals surface area contributed by atoms with Gasteiger partial charge in [-0.25, -0.2) is 26.4 Å². The number of hydrogen-bond donors (Lipinski definition) is 2. The van der Waals surface area contributed by atoms with Crippen LogP contribution in [-0.2, 0) is 26.5 Å². The van der Waals surface area contributed by atoms with Crippen molar-refractivity contribution in [1.29, 1.82) is 0 Å². The Morgan fingerprint density at radius 1 is 1.04 bits per heavy atom. The van der Waals surface area contributed by atoms with Crippen molar-refractivity contribution in [3.05, 3.63) is 101 Å². The molecule has 3 aromatic rings. The van der Waals surface area contributed by atoms with E-state index in [4.69, 9.17) is 4.74 Å². The highest BCUT2D eigenvalue weighted by Crippen LogP contribution is 2.52. The fourth-order valence-electron chi connectivity index (χ4n) is 7.66. The Kier molecular flexibility index (Phi) is 9.40. The van der Waals surface area contributed by atoms with Crippen LogP contribution in [-0.4, -0.2) is 63.6 Å². The van der Waals surface area contributed by atoms with Crippen LogP contribution in [0.3, 0.4) is 0 Å². The number of nitrogens with one attached hydrogen (secondary N) is 2. The molecule has 9 nitrogen and oxygen atoms in total. The lowest BCUT2D eigenvalue weighted by Crippen LogP contribution is -2.49. The molecule has 2 atom stereocenters. The summed E-state index contributed by atoms with van der Waals surface area (Å²) in [6.07, 6.45) is 4.19. The Balaban J connectivity index is 1.17. The zero-order valence-corrected chi connectivity index (χ0v) is 29.1. The average Bonchev–Trinajstić information content (AvgIpc) is 3.31. The number of amides is 3. The van der Waals surface area contributed by atoms with E-state index >= 15 is 0 Å². The predicted octanol–water partition coefficient (Wildman–Crippen LogP) is 5.73. The van der Waals surface area contributed by atoms with Crippen molar-refractivity contribution < 1.29 is 35.9 Å². The maximum atomic E-state index is 14.7. The van der Waals surface area contributed by atoms with E-state index in [0.717, 1.165) is 35.2 Å². The number of benzene rings is 3. The molecule has 266 valence electrons. The summed E-state index contributed by atoms with van der Waals surface area (Å²) in [5, 5.41) is 5.70. The number of carbonyl (C=O) groups is 2. The minimum atomic E-state index is -3.54. The first-order valence-corrected chi connectivity index (χ1v) is 18.6. The molecule has 0 bridgehead atoms. The maximum absolute atomic E-state index is 14.7. The number of ether oxygens (including phenoxy) is 1. The largest absolute Gasteiger partial charge is 0.484 e. The first kappa shape index (κ1) is 35.3. The molecular weight excluding hydrogens is 669 g/mol. The van der Waals surface area contributed by atoms with E-state index < -0.39 is 56.4 Å².